The molecule has 3 N–H and O–H groups in total. The molecule has 0 fully saturated rings. The topological polar surface area (TPSA) is 84.7 Å². The highest BCUT2D eigenvalue weighted by Crippen LogP contribution is 2.41. The highest BCUT2D eigenvalue weighted by Gasteiger charge is 2.29. The molecule has 1 heterocycles. The molecular weight excluding hydrogens is 330 g/mol. The average Bonchev–Trinajstić information content (AvgIpc) is 2.77. The van der Waals surface area contributed by atoms with Gasteiger partial charge >= 0.3 is 0 Å². The van der Waals surface area contributed by atoms with E-state index in [1.54, 1.807) is 18.2 Å². The lowest BCUT2D eigenvalue weighted by molar-refractivity contribution is -0.124. The van der Waals surface area contributed by atoms with Crippen molar-refractivity contribution in [2.75, 3.05) is 23.1 Å². The van der Waals surface area contributed by atoms with E-state index in [0.29, 0.717) is 28.5 Å². The number of ether oxygens (including phenoxy) is 1. The van der Waals surface area contributed by atoms with Gasteiger partial charge in [-0.1, -0.05) is 30.3 Å². The second-order valence-electron chi connectivity index (χ2n) is 6.06. The second-order valence-corrected chi connectivity index (χ2v) is 6.06. The summed E-state index contributed by atoms with van der Waals surface area (Å²) in [7, 11) is 1.52. The summed E-state index contributed by atoms with van der Waals surface area (Å²) in [5, 5.41) is 4.74. The number of benzene rings is 3. The van der Waals surface area contributed by atoms with Crippen molar-refractivity contribution in [3.8, 4) is 5.75 Å². The fourth-order valence-corrected chi connectivity index (χ4v) is 3.23. The third kappa shape index (κ3) is 2.52. The molecule has 0 radical (unpaired) electrons. The number of anilines is 4. The summed E-state index contributed by atoms with van der Waals surface area (Å²) in [5.41, 5.74) is 8.20. The zero-order valence-corrected chi connectivity index (χ0v) is 14.2. The van der Waals surface area contributed by atoms with Crippen molar-refractivity contribution in [2.24, 2.45) is 0 Å². The number of methoxy groups -OCH3 is 1. The summed E-state index contributed by atoms with van der Waals surface area (Å²) in [5.74, 6) is -0.179. The van der Waals surface area contributed by atoms with Crippen LogP contribution in [0, 0.1) is 0 Å². The molecule has 0 aliphatic carbocycles. The van der Waals surface area contributed by atoms with Gasteiger partial charge < -0.3 is 15.8 Å². The number of nitrogen functional groups attached to an aromatic ring is 1. The minimum Gasteiger partial charge on any atom is -0.495 e. The quantitative estimate of drug-likeness (QED) is 0.549. The van der Waals surface area contributed by atoms with Crippen LogP contribution in [0.5, 0.6) is 5.75 Å². The fourth-order valence-electron chi connectivity index (χ4n) is 3.23. The van der Waals surface area contributed by atoms with Crippen LogP contribution < -0.4 is 20.7 Å². The molecular formula is C20H17N3O3. The molecule has 2 amide bonds. The van der Waals surface area contributed by atoms with E-state index in [-0.39, 0.29) is 18.2 Å². The first kappa shape index (κ1) is 16.0. The molecule has 0 saturated carbocycles. The summed E-state index contributed by atoms with van der Waals surface area (Å²) in [6.45, 7) is 0. The van der Waals surface area contributed by atoms with Crippen LogP contribution in [0.15, 0.2) is 54.6 Å². The number of nitrogens with zero attached hydrogens (tertiary/aromatic N) is 1. The zero-order chi connectivity index (χ0) is 18.3. The lowest BCUT2D eigenvalue weighted by Gasteiger charge is -2.24. The van der Waals surface area contributed by atoms with E-state index in [2.05, 4.69) is 5.32 Å². The number of fused-ring (bicyclic) bond motifs is 3. The van der Waals surface area contributed by atoms with E-state index in [0.717, 1.165) is 10.8 Å². The second kappa shape index (κ2) is 6.07. The minimum absolute atomic E-state index is 0.240. The number of hydrogen-bond acceptors (Lipinski definition) is 4. The monoisotopic (exact) mass is 347 g/mol. The molecule has 0 saturated heterocycles. The number of nitrogens with two attached hydrogens (primary N) is 1. The number of carbonyl (C=O) groups is 2. The summed E-state index contributed by atoms with van der Waals surface area (Å²) >= 11 is 0. The minimum atomic E-state index is -0.336. The van der Waals surface area contributed by atoms with E-state index >= 15 is 0 Å². The van der Waals surface area contributed by atoms with Crippen LogP contribution in [-0.4, -0.2) is 18.9 Å². The van der Waals surface area contributed by atoms with Crippen molar-refractivity contribution >= 4 is 45.3 Å². The standard InChI is InChI=1S/C20H17N3O3/c1-26-17-10-13(7-8-15(17)21)23-16-9-6-12-4-2-3-5-14(12)20(16)22-18(24)11-19(23)25/h2-10H,11,21H2,1H3,(H,22,24). The predicted molar refractivity (Wildman–Crippen MR) is 102 cm³/mol. The number of rotatable bonds is 2. The van der Waals surface area contributed by atoms with Gasteiger partial charge in [-0.25, -0.2) is 0 Å². The van der Waals surface area contributed by atoms with Gasteiger partial charge in [-0.05, 0) is 23.6 Å². The van der Waals surface area contributed by atoms with Crippen molar-refractivity contribution in [1.29, 1.82) is 0 Å². The number of amides is 2. The lowest BCUT2D eigenvalue weighted by atomic mass is 10.1. The van der Waals surface area contributed by atoms with Gasteiger partial charge in [0.1, 0.15) is 12.2 Å². The first-order valence-corrected chi connectivity index (χ1v) is 8.16. The summed E-state index contributed by atoms with van der Waals surface area (Å²) < 4.78 is 5.28. The van der Waals surface area contributed by atoms with Crippen molar-refractivity contribution < 1.29 is 14.3 Å². The Hall–Kier alpha value is -3.54. The Bertz CT molecular complexity index is 1050. The maximum Gasteiger partial charge on any atom is 0.241 e. The van der Waals surface area contributed by atoms with E-state index < -0.39 is 0 Å². The van der Waals surface area contributed by atoms with Gasteiger partial charge in [0.05, 0.1) is 29.9 Å². The molecule has 1 aliphatic rings. The molecule has 3 aromatic carbocycles. The highest BCUT2D eigenvalue weighted by molar-refractivity contribution is 6.21. The predicted octanol–water partition coefficient (Wildman–Crippen LogP) is 3.44. The number of carbonyl (C=O) groups excluding carboxylic acids is 2. The molecule has 0 spiro atoms. The Morgan fingerprint density at radius 2 is 1.88 bits per heavy atom. The molecule has 0 atom stereocenters. The van der Waals surface area contributed by atoms with Crippen molar-refractivity contribution in [1.82, 2.24) is 0 Å². The number of nitrogens with one attached hydrogen (secondary N) is 1. The van der Waals surface area contributed by atoms with Gasteiger partial charge in [-0.15, -0.1) is 0 Å². The van der Waals surface area contributed by atoms with E-state index in [1.807, 2.05) is 36.4 Å². The van der Waals surface area contributed by atoms with Crippen LogP contribution in [0.25, 0.3) is 10.8 Å². The van der Waals surface area contributed by atoms with Crippen LogP contribution in [0.2, 0.25) is 0 Å². The molecule has 1 aliphatic heterocycles. The van der Waals surface area contributed by atoms with E-state index in [9.17, 15) is 9.59 Å². The van der Waals surface area contributed by atoms with Crippen LogP contribution in [0.1, 0.15) is 6.42 Å². The van der Waals surface area contributed by atoms with Gasteiger partial charge in [-0.2, -0.15) is 0 Å². The van der Waals surface area contributed by atoms with Crippen LogP contribution in [0.4, 0.5) is 22.7 Å². The van der Waals surface area contributed by atoms with Crippen LogP contribution in [-0.2, 0) is 9.59 Å². The smallest absolute Gasteiger partial charge is 0.241 e. The molecule has 6 heteroatoms. The Kier molecular flexibility index (Phi) is 3.73. The van der Waals surface area contributed by atoms with Crippen LogP contribution >= 0.6 is 0 Å². The SMILES string of the molecule is COc1cc(N2C(=O)CC(=O)Nc3c2ccc2ccccc32)ccc1N. The Morgan fingerprint density at radius 3 is 2.69 bits per heavy atom. The van der Waals surface area contributed by atoms with E-state index in [4.69, 9.17) is 10.5 Å². The molecule has 0 bridgehead atoms. The maximum atomic E-state index is 12.8. The fraction of sp³-hybridized carbons (Fsp3) is 0.100. The first-order chi connectivity index (χ1) is 12.6. The van der Waals surface area contributed by atoms with Gasteiger partial charge in [0.25, 0.3) is 0 Å². The number of hydrogen-bond donors (Lipinski definition) is 2. The normalized spacial score (nSPS) is 14.0. The largest absolute Gasteiger partial charge is 0.495 e. The summed E-state index contributed by atoms with van der Waals surface area (Å²) in [6, 6.07) is 16.6. The molecule has 3 aromatic rings. The lowest BCUT2D eigenvalue weighted by Crippen LogP contribution is -2.26. The first-order valence-electron chi connectivity index (χ1n) is 8.16. The Balaban J connectivity index is 1.97. The highest BCUT2D eigenvalue weighted by atomic mass is 16.5. The molecule has 0 unspecified atom stereocenters. The zero-order valence-electron chi connectivity index (χ0n) is 14.2. The average molecular weight is 347 g/mol. The summed E-state index contributed by atoms with van der Waals surface area (Å²) in [4.78, 5) is 26.6. The third-order valence-corrected chi connectivity index (χ3v) is 4.45. The van der Waals surface area contributed by atoms with Gasteiger partial charge in [0.2, 0.25) is 11.8 Å². The molecule has 0 aromatic heterocycles. The van der Waals surface area contributed by atoms with E-state index in [1.165, 1.54) is 12.0 Å². The van der Waals surface area contributed by atoms with Gasteiger partial charge in [0.15, 0.2) is 0 Å². The van der Waals surface area contributed by atoms with Gasteiger partial charge in [0, 0.05) is 11.5 Å². The van der Waals surface area contributed by atoms with Crippen LogP contribution in [0.3, 0.4) is 0 Å². The van der Waals surface area contributed by atoms with Gasteiger partial charge in [-0.3, -0.25) is 14.5 Å². The van der Waals surface area contributed by atoms with Crippen molar-refractivity contribution in [2.45, 2.75) is 6.42 Å². The van der Waals surface area contributed by atoms with Crippen molar-refractivity contribution in [3.63, 3.8) is 0 Å². The third-order valence-electron chi connectivity index (χ3n) is 4.45. The molecule has 6 nitrogen and oxygen atoms in total. The Labute approximate surface area is 150 Å². The molecule has 130 valence electrons. The summed E-state index contributed by atoms with van der Waals surface area (Å²) in [6.07, 6.45) is -0.240. The molecule has 4 rings (SSSR count). The maximum absolute atomic E-state index is 12.8. The van der Waals surface area contributed by atoms with Crippen molar-refractivity contribution in [3.05, 3.63) is 54.6 Å². The Morgan fingerprint density at radius 1 is 1.08 bits per heavy atom. The molecule has 26 heavy (non-hydrogen) atoms.